The van der Waals surface area contributed by atoms with E-state index in [0.29, 0.717) is 61.8 Å². The number of quaternary nitrogens is 1. The molecule has 4 N–H and O–H groups in total. The summed E-state index contributed by atoms with van der Waals surface area (Å²) in [5.41, 5.74) is 0.461. The van der Waals surface area contributed by atoms with E-state index in [-0.39, 0.29) is 37.4 Å². The maximum absolute atomic E-state index is 12.0. The molecule has 0 radical (unpaired) electrons. The van der Waals surface area contributed by atoms with Crippen molar-refractivity contribution in [2.75, 3.05) is 46.1 Å². The molecule has 0 bridgehead atoms. The third kappa shape index (κ3) is 9.13. The lowest BCUT2D eigenvalue weighted by molar-refractivity contribution is -0.958. The number of aliphatic hydroxyl groups is 4. The van der Waals surface area contributed by atoms with Gasteiger partial charge < -0.3 is 29.5 Å². The van der Waals surface area contributed by atoms with Crippen LogP contribution in [0, 0.1) is 0 Å². The van der Waals surface area contributed by atoms with Gasteiger partial charge in [0.1, 0.15) is 16.2 Å². The van der Waals surface area contributed by atoms with Crippen LogP contribution < -0.4 is 0 Å². The average molecular weight is 462 g/mol. The molecule has 1 rings (SSSR count). The van der Waals surface area contributed by atoms with Gasteiger partial charge in [0, 0.05) is 38.4 Å². The molecule has 0 spiro atoms. The van der Waals surface area contributed by atoms with Crippen molar-refractivity contribution in [2.45, 2.75) is 62.3 Å². The van der Waals surface area contributed by atoms with Crippen LogP contribution in [0.1, 0.15) is 63.0 Å². The third-order valence-corrected chi connectivity index (χ3v) is 6.79. The average Bonchev–Trinajstić information content (AvgIpc) is 2.74. The summed E-state index contributed by atoms with van der Waals surface area (Å²) in [5, 5.41) is 37.5. The quantitative estimate of drug-likeness (QED) is 0.148. The molecule has 31 heavy (non-hydrogen) atoms. The zero-order valence-electron chi connectivity index (χ0n) is 18.4. The van der Waals surface area contributed by atoms with Crippen molar-refractivity contribution < 1.29 is 37.9 Å². The lowest BCUT2D eigenvalue weighted by atomic mass is 9.95. The van der Waals surface area contributed by atoms with Gasteiger partial charge in [0.2, 0.25) is 0 Å². The van der Waals surface area contributed by atoms with Gasteiger partial charge in [-0.25, -0.2) is 8.42 Å². The first-order valence-corrected chi connectivity index (χ1v) is 12.6. The number of hydrogen-bond donors (Lipinski definition) is 4. The van der Waals surface area contributed by atoms with Crippen LogP contribution >= 0.6 is 0 Å². The molecule has 1 aromatic carbocycles. The third-order valence-electron chi connectivity index (χ3n) is 5.88. The Morgan fingerprint density at radius 2 is 1.19 bits per heavy atom. The SMILES string of the molecule is O=S(=O)([O-])c1ccccc1C(CCCO)[N+](CCCCO)(CCCCO)CCCCO. The van der Waals surface area contributed by atoms with E-state index in [9.17, 15) is 33.4 Å². The van der Waals surface area contributed by atoms with E-state index >= 15 is 0 Å². The van der Waals surface area contributed by atoms with Crippen molar-refractivity contribution >= 4 is 10.1 Å². The van der Waals surface area contributed by atoms with Crippen LogP contribution in [0.3, 0.4) is 0 Å². The highest BCUT2D eigenvalue weighted by atomic mass is 32.2. The standard InChI is InChI=1S/C22H39NO7S/c24-16-6-3-13-23(14-4-7-17-25,15-5-8-18-26)21(11-9-19-27)20-10-1-2-12-22(20)31(28,29)30/h1-2,10,12,21,24-27H,3-9,11,13-19H2. The fourth-order valence-electron chi connectivity index (χ4n) is 4.41. The normalized spacial score (nSPS) is 13.5. The van der Waals surface area contributed by atoms with Crippen LogP contribution in [-0.2, 0) is 10.1 Å². The molecule has 0 saturated heterocycles. The van der Waals surface area contributed by atoms with Gasteiger partial charge >= 0.3 is 0 Å². The van der Waals surface area contributed by atoms with E-state index in [0.717, 1.165) is 19.3 Å². The largest absolute Gasteiger partial charge is 0.744 e. The molecule has 0 aliphatic rings. The Labute approximate surface area is 186 Å². The number of rotatable bonds is 18. The van der Waals surface area contributed by atoms with Gasteiger partial charge in [0.15, 0.2) is 0 Å². The van der Waals surface area contributed by atoms with Gasteiger partial charge in [-0.3, -0.25) is 0 Å². The molecule has 0 saturated carbocycles. The summed E-state index contributed by atoms with van der Waals surface area (Å²) in [6.07, 6.45) is 4.93. The van der Waals surface area contributed by atoms with Crippen molar-refractivity contribution in [1.82, 2.24) is 0 Å². The van der Waals surface area contributed by atoms with Crippen molar-refractivity contribution in [3.63, 3.8) is 0 Å². The summed E-state index contributed by atoms with van der Waals surface area (Å²) in [6, 6.07) is 5.95. The van der Waals surface area contributed by atoms with Crippen LogP contribution in [0.4, 0.5) is 0 Å². The molecule has 0 aliphatic carbocycles. The minimum Gasteiger partial charge on any atom is -0.744 e. The predicted molar refractivity (Wildman–Crippen MR) is 117 cm³/mol. The van der Waals surface area contributed by atoms with Gasteiger partial charge in [0.25, 0.3) is 0 Å². The molecule has 1 aromatic rings. The Bertz CT molecular complexity index is 685. The minimum atomic E-state index is -4.68. The Hall–Kier alpha value is -1.07. The maximum Gasteiger partial charge on any atom is 0.124 e. The molecular formula is C22H39NO7S. The second-order valence-corrected chi connectivity index (χ2v) is 9.40. The first-order valence-electron chi connectivity index (χ1n) is 11.2. The van der Waals surface area contributed by atoms with E-state index in [1.807, 2.05) is 0 Å². The maximum atomic E-state index is 12.0. The Morgan fingerprint density at radius 3 is 1.61 bits per heavy atom. The lowest BCUT2D eigenvalue weighted by Crippen LogP contribution is -2.53. The Morgan fingerprint density at radius 1 is 0.742 bits per heavy atom. The zero-order valence-corrected chi connectivity index (χ0v) is 19.2. The van der Waals surface area contributed by atoms with Crippen molar-refractivity contribution in [3.05, 3.63) is 29.8 Å². The molecule has 9 heteroatoms. The first-order chi connectivity index (χ1) is 14.9. The lowest BCUT2D eigenvalue weighted by Gasteiger charge is -2.46. The molecule has 180 valence electrons. The fourth-order valence-corrected chi connectivity index (χ4v) is 5.15. The van der Waals surface area contributed by atoms with Crippen LogP contribution in [-0.4, -0.2) is 83.9 Å². The summed E-state index contributed by atoms with van der Waals surface area (Å²) in [6.45, 7) is 2.12. The molecule has 1 unspecified atom stereocenters. The molecule has 8 nitrogen and oxygen atoms in total. The van der Waals surface area contributed by atoms with E-state index in [1.54, 1.807) is 12.1 Å². The van der Waals surface area contributed by atoms with Crippen molar-refractivity contribution in [1.29, 1.82) is 0 Å². The fraction of sp³-hybridized carbons (Fsp3) is 0.727. The molecule has 0 heterocycles. The monoisotopic (exact) mass is 461 g/mol. The summed E-state index contributed by atoms with van der Waals surface area (Å²) >= 11 is 0. The summed E-state index contributed by atoms with van der Waals surface area (Å²) in [4.78, 5) is -0.230. The highest BCUT2D eigenvalue weighted by Crippen LogP contribution is 2.38. The number of unbranched alkanes of at least 4 members (excludes halogenated alkanes) is 3. The van der Waals surface area contributed by atoms with E-state index in [2.05, 4.69) is 0 Å². The number of nitrogens with zero attached hydrogens (tertiary/aromatic N) is 1. The van der Waals surface area contributed by atoms with Crippen LogP contribution in [0.15, 0.2) is 29.2 Å². The van der Waals surface area contributed by atoms with Gasteiger partial charge in [0.05, 0.1) is 24.5 Å². The Kier molecular flexibility index (Phi) is 13.4. The molecule has 0 aliphatic heterocycles. The second kappa shape index (κ2) is 14.9. The molecule has 0 amide bonds. The number of aliphatic hydroxyl groups excluding tert-OH is 4. The molecule has 0 fully saturated rings. The van der Waals surface area contributed by atoms with E-state index < -0.39 is 10.1 Å². The number of hydrogen-bond acceptors (Lipinski definition) is 7. The van der Waals surface area contributed by atoms with Crippen molar-refractivity contribution in [2.24, 2.45) is 0 Å². The second-order valence-electron chi connectivity index (χ2n) is 8.06. The van der Waals surface area contributed by atoms with E-state index in [4.69, 9.17) is 0 Å². The molecule has 0 aromatic heterocycles. The van der Waals surface area contributed by atoms with Gasteiger partial charge in [-0.1, -0.05) is 18.2 Å². The van der Waals surface area contributed by atoms with Gasteiger partial charge in [-0.2, -0.15) is 0 Å². The van der Waals surface area contributed by atoms with Crippen LogP contribution in [0.2, 0.25) is 0 Å². The van der Waals surface area contributed by atoms with Gasteiger partial charge in [-0.15, -0.1) is 0 Å². The predicted octanol–water partition coefficient (Wildman–Crippen LogP) is 1.54. The van der Waals surface area contributed by atoms with Crippen LogP contribution in [0.25, 0.3) is 0 Å². The Balaban J connectivity index is 3.53. The molecular weight excluding hydrogens is 422 g/mol. The van der Waals surface area contributed by atoms with Gasteiger partial charge in [-0.05, 0) is 51.0 Å². The highest BCUT2D eigenvalue weighted by Gasteiger charge is 2.38. The van der Waals surface area contributed by atoms with Crippen molar-refractivity contribution in [3.8, 4) is 0 Å². The highest BCUT2D eigenvalue weighted by molar-refractivity contribution is 7.85. The minimum absolute atomic E-state index is 0.0489. The smallest absolute Gasteiger partial charge is 0.124 e. The topological polar surface area (TPSA) is 138 Å². The summed E-state index contributed by atoms with van der Waals surface area (Å²) < 4.78 is 36.6. The summed E-state index contributed by atoms with van der Waals surface area (Å²) in [7, 11) is -4.68. The summed E-state index contributed by atoms with van der Waals surface area (Å²) in [5.74, 6) is 0. The van der Waals surface area contributed by atoms with E-state index in [1.165, 1.54) is 12.1 Å². The molecule has 1 atom stereocenters. The van der Waals surface area contributed by atoms with Crippen LogP contribution in [0.5, 0.6) is 0 Å². The zero-order chi connectivity index (χ0) is 23.2. The first kappa shape index (κ1) is 28.0. The number of benzene rings is 1.